The smallest absolute Gasteiger partial charge is 0.305 e. The molecule has 0 saturated carbocycles. The molecule has 0 aliphatic heterocycles. The van der Waals surface area contributed by atoms with E-state index in [-0.39, 0.29) is 12.0 Å². The number of halogens is 2. The Morgan fingerprint density at radius 2 is 2.31 bits per heavy atom. The van der Waals surface area contributed by atoms with E-state index in [0.29, 0.717) is 23.9 Å². The second-order valence-electron chi connectivity index (χ2n) is 3.41. The Balaban J connectivity index is 2.39. The summed E-state index contributed by atoms with van der Waals surface area (Å²) in [6.45, 7) is 0. The molecule has 0 saturated heterocycles. The molecule has 0 bridgehead atoms. The molecule has 1 unspecified atom stereocenters. The van der Waals surface area contributed by atoms with E-state index in [1.165, 1.54) is 7.11 Å². The lowest BCUT2D eigenvalue weighted by atomic mass is 10.1. The van der Waals surface area contributed by atoms with Crippen molar-refractivity contribution < 1.29 is 13.9 Å². The standard InChI is InChI=1S/C10H13Br2NO3/c1-15-9(14)3-2-6(13)4-7-5-8(11)10(12)16-7/h5-6H,2-4,13H2,1H3. The minimum atomic E-state index is -0.239. The fourth-order valence-corrected chi connectivity index (χ4v) is 1.92. The van der Waals surface area contributed by atoms with Crippen LogP contribution in [-0.2, 0) is 16.0 Å². The van der Waals surface area contributed by atoms with E-state index in [1.54, 1.807) is 0 Å². The molecule has 0 spiro atoms. The lowest BCUT2D eigenvalue weighted by Gasteiger charge is -2.08. The fourth-order valence-electron chi connectivity index (χ4n) is 1.26. The third-order valence-electron chi connectivity index (χ3n) is 2.11. The number of hydrogen-bond acceptors (Lipinski definition) is 4. The highest BCUT2D eigenvalue weighted by atomic mass is 79.9. The quantitative estimate of drug-likeness (QED) is 0.825. The Kier molecular flexibility index (Phi) is 5.51. The summed E-state index contributed by atoms with van der Waals surface area (Å²) in [4.78, 5) is 10.9. The Morgan fingerprint density at radius 3 is 2.81 bits per heavy atom. The van der Waals surface area contributed by atoms with Gasteiger partial charge in [-0.2, -0.15) is 0 Å². The molecule has 16 heavy (non-hydrogen) atoms. The molecule has 6 heteroatoms. The second kappa shape index (κ2) is 6.42. The van der Waals surface area contributed by atoms with E-state index in [9.17, 15) is 4.79 Å². The summed E-state index contributed by atoms with van der Waals surface area (Å²) in [6, 6.07) is 1.76. The number of furan rings is 1. The average Bonchev–Trinajstić information content (AvgIpc) is 2.54. The van der Waals surface area contributed by atoms with E-state index in [4.69, 9.17) is 10.2 Å². The molecular formula is C10H13Br2NO3. The maximum absolute atomic E-state index is 10.9. The molecule has 1 rings (SSSR count). The van der Waals surface area contributed by atoms with Gasteiger partial charge in [0, 0.05) is 18.9 Å². The van der Waals surface area contributed by atoms with E-state index >= 15 is 0 Å². The summed E-state index contributed by atoms with van der Waals surface area (Å²) in [7, 11) is 1.37. The Bertz CT molecular complexity index is 345. The van der Waals surface area contributed by atoms with Crippen molar-refractivity contribution in [2.45, 2.75) is 25.3 Å². The van der Waals surface area contributed by atoms with Crippen molar-refractivity contribution in [3.8, 4) is 0 Å². The molecule has 0 amide bonds. The maximum Gasteiger partial charge on any atom is 0.305 e. The zero-order chi connectivity index (χ0) is 12.1. The van der Waals surface area contributed by atoms with Gasteiger partial charge in [0.1, 0.15) is 5.76 Å². The third-order valence-corrected chi connectivity index (χ3v) is 3.82. The van der Waals surface area contributed by atoms with Gasteiger partial charge in [-0.05, 0) is 44.3 Å². The zero-order valence-corrected chi connectivity index (χ0v) is 12.0. The number of methoxy groups -OCH3 is 1. The summed E-state index contributed by atoms with van der Waals surface area (Å²) in [6.07, 6.45) is 1.52. The van der Waals surface area contributed by atoms with Gasteiger partial charge in [0.25, 0.3) is 0 Å². The molecule has 0 aliphatic carbocycles. The van der Waals surface area contributed by atoms with Crippen LogP contribution in [0.5, 0.6) is 0 Å². The average molecular weight is 355 g/mol. The highest BCUT2D eigenvalue weighted by Crippen LogP contribution is 2.27. The van der Waals surface area contributed by atoms with E-state index in [1.807, 2.05) is 6.07 Å². The van der Waals surface area contributed by atoms with Crippen LogP contribution in [0.3, 0.4) is 0 Å². The first-order valence-electron chi connectivity index (χ1n) is 4.79. The zero-order valence-electron chi connectivity index (χ0n) is 8.83. The van der Waals surface area contributed by atoms with Crippen LogP contribution in [0, 0.1) is 0 Å². The highest BCUT2D eigenvalue weighted by molar-refractivity contribution is 9.13. The van der Waals surface area contributed by atoms with Gasteiger partial charge in [0.05, 0.1) is 11.6 Å². The van der Waals surface area contributed by atoms with Crippen molar-refractivity contribution in [2.75, 3.05) is 7.11 Å². The molecule has 0 aliphatic rings. The lowest BCUT2D eigenvalue weighted by Crippen LogP contribution is -2.23. The largest absolute Gasteiger partial charge is 0.469 e. The molecule has 1 heterocycles. The first kappa shape index (κ1) is 13.7. The SMILES string of the molecule is COC(=O)CCC(N)Cc1cc(Br)c(Br)o1. The van der Waals surface area contributed by atoms with Crippen molar-refractivity contribution in [1.82, 2.24) is 0 Å². The number of ether oxygens (including phenoxy) is 1. The minimum Gasteiger partial charge on any atom is -0.469 e. The predicted octanol–water partition coefficient (Wildman–Crippen LogP) is 2.63. The van der Waals surface area contributed by atoms with Crippen LogP contribution in [0.2, 0.25) is 0 Å². The summed E-state index contributed by atoms with van der Waals surface area (Å²) in [5.74, 6) is 0.549. The molecule has 2 N–H and O–H groups in total. The van der Waals surface area contributed by atoms with Gasteiger partial charge in [0.2, 0.25) is 0 Å². The fraction of sp³-hybridized carbons (Fsp3) is 0.500. The maximum atomic E-state index is 10.9. The first-order chi connectivity index (χ1) is 7.52. The van der Waals surface area contributed by atoms with Gasteiger partial charge in [-0.15, -0.1) is 0 Å². The third kappa shape index (κ3) is 4.27. The van der Waals surface area contributed by atoms with Crippen molar-refractivity contribution in [3.05, 3.63) is 21.0 Å². The van der Waals surface area contributed by atoms with Crippen LogP contribution in [0.1, 0.15) is 18.6 Å². The Morgan fingerprint density at radius 1 is 1.62 bits per heavy atom. The van der Waals surface area contributed by atoms with Crippen LogP contribution < -0.4 is 5.73 Å². The van der Waals surface area contributed by atoms with Crippen LogP contribution >= 0.6 is 31.9 Å². The van der Waals surface area contributed by atoms with Crippen LogP contribution in [0.15, 0.2) is 19.6 Å². The number of rotatable bonds is 5. The molecule has 0 radical (unpaired) electrons. The van der Waals surface area contributed by atoms with Crippen molar-refractivity contribution in [2.24, 2.45) is 5.73 Å². The van der Waals surface area contributed by atoms with Gasteiger partial charge in [-0.25, -0.2) is 0 Å². The molecule has 0 fully saturated rings. The molecule has 4 nitrogen and oxygen atoms in total. The number of carbonyl (C=O) groups excluding carboxylic acids is 1. The van der Waals surface area contributed by atoms with Crippen LogP contribution in [-0.4, -0.2) is 19.1 Å². The summed E-state index contributed by atoms with van der Waals surface area (Å²) in [5.41, 5.74) is 5.87. The van der Waals surface area contributed by atoms with E-state index < -0.39 is 0 Å². The number of esters is 1. The molecule has 1 aromatic rings. The Hall–Kier alpha value is -0.330. The van der Waals surface area contributed by atoms with Gasteiger partial charge >= 0.3 is 5.97 Å². The summed E-state index contributed by atoms with van der Waals surface area (Å²) < 4.78 is 11.5. The summed E-state index contributed by atoms with van der Waals surface area (Å²) >= 11 is 6.57. The van der Waals surface area contributed by atoms with Crippen molar-refractivity contribution in [1.29, 1.82) is 0 Å². The van der Waals surface area contributed by atoms with E-state index in [0.717, 1.165) is 10.2 Å². The monoisotopic (exact) mass is 353 g/mol. The topological polar surface area (TPSA) is 65.5 Å². The van der Waals surface area contributed by atoms with E-state index in [2.05, 4.69) is 36.6 Å². The van der Waals surface area contributed by atoms with Crippen molar-refractivity contribution in [3.63, 3.8) is 0 Å². The lowest BCUT2D eigenvalue weighted by molar-refractivity contribution is -0.140. The number of carbonyl (C=O) groups is 1. The molecule has 1 atom stereocenters. The van der Waals surface area contributed by atoms with Crippen LogP contribution in [0.4, 0.5) is 0 Å². The first-order valence-corrected chi connectivity index (χ1v) is 6.37. The normalized spacial score (nSPS) is 12.5. The molecule has 90 valence electrons. The molecular weight excluding hydrogens is 342 g/mol. The van der Waals surface area contributed by atoms with Gasteiger partial charge in [-0.1, -0.05) is 0 Å². The number of hydrogen-bond donors (Lipinski definition) is 1. The predicted molar refractivity (Wildman–Crippen MR) is 67.0 cm³/mol. The molecule has 0 aromatic carbocycles. The minimum absolute atomic E-state index is 0.107. The van der Waals surface area contributed by atoms with Gasteiger partial charge < -0.3 is 14.9 Å². The van der Waals surface area contributed by atoms with Crippen molar-refractivity contribution >= 4 is 37.8 Å². The van der Waals surface area contributed by atoms with Gasteiger partial charge in [-0.3, -0.25) is 4.79 Å². The number of nitrogens with two attached hydrogens (primary N) is 1. The highest BCUT2D eigenvalue weighted by Gasteiger charge is 2.12. The molecule has 1 aromatic heterocycles. The van der Waals surface area contributed by atoms with Gasteiger partial charge in [0.15, 0.2) is 4.67 Å². The summed E-state index contributed by atoms with van der Waals surface area (Å²) in [5, 5.41) is 0. The second-order valence-corrected chi connectivity index (χ2v) is 4.99. The Labute approximate surface area is 111 Å². The van der Waals surface area contributed by atoms with Crippen LogP contribution in [0.25, 0.3) is 0 Å².